The van der Waals surface area contributed by atoms with Gasteiger partial charge in [0.2, 0.25) is 0 Å². The number of aromatic nitrogens is 5. The number of nitrogens with one attached hydrogen (secondary N) is 1. The molecule has 3 rings (SSSR count). The summed E-state index contributed by atoms with van der Waals surface area (Å²) < 4.78 is 41.3. The molecule has 0 fully saturated rings. The van der Waals surface area contributed by atoms with Crippen molar-refractivity contribution >= 4 is 11.6 Å². The Labute approximate surface area is 140 Å². The van der Waals surface area contributed by atoms with Crippen molar-refractivity contribution in [3.8, 4) is 11.4 Å². The van der Waals surface area contributed by atoms with Gasteiger partial charge < -0.3 is 5.32 Å². The lowest BCUT2D eigenvalue weighted by Gasteiger charge is -2.08. The van der Waals surface area contributed by atoms with E-state index in [0.29, 0.717) is 11.4 Å². The molecule has 2 heterocycles. The van der Waals surface area contributed by atoms with E-state index in [4.69, 9.17) is 0 Å². The molecule has 0 aliphatic rings. The summed E-state index contributed by atoms with van der Waals surface area (Å²) in [6.07, 6.45) is -2.01. The van der Waals surface area contributed by atoms with Crippen LogP contribution in [0.1, 0.15) is 16.1 Å². The smallest absolute Gasteiger partial charge is 0.319 e. The van der Waals surface area contributed by atoms with E-state index >= 15 is 0 Å². The molecular weight excluding hydrogens is 337 g/mol. The molecule has 1 aromatic carbocycles. The Balaban J connectivity index is 1.80. The second kappa shape index (κ2) is 6.04. The molecule has 7 nitrogen and oxygen atoms in total. The summed E-state index contributed by atoms with van der Waals surface area (Å²) in [5.41, 5.74) is -0.640. The Morgan fingerprint density at radius 1 is 1.08 bits per heavy atom. The van der Waals surface area contributed by atoms with Crippen molar-refractivity contribution in [3.05, 3.63) is 48.0 Å². The van der Waals surface area contributed by atoms with Crippen LogP contribution in [0.4, 0.5) is 18.9 Å². The maximum atomic E-state index is 12.9. The van der Waals surface area contributed by atoms with Gasteiger partial charge in [0.15, 0.2) is 11.5 Å². The first kappa shape index (κ1) is 16.7. The van der Waals surface area contributed by atoms with Crippen molar-refractivity contribution in [2.75, 3.05) is 5.32 Å². The zero-order valence-electron chi connectivity index (χ0n) is 13.2. The number of amides is 1. The van der Waals surface area contributed by atoms with Crippen molar-refractivity contribution in [1.82, 2.24) is 24.5 Å². The first-order chi connectivity index (χ1) is 11.7. The Hall–Kier alpha value is -3.17. The maximum Gasteiger partial charge on any atom is 0.437 e. The first-order valence-electron chi connectivity index (χ1n) is 7.12. The molecule has 0 atom stereocenters. The second-order valence-corrected chi connectivity index (χ2v) is 5.34. The molecule has 0 radical (unpaired) electrons. The Bertz CT molecular complexity index is 910. The molecule has 1 amide bonds. The SMILES string of the molecule is Cn1cnc(-c2ccc(C(=O)Nc3cn(C)nc3C(F)(F)F)cc2)n1. The van der Waals surface area contributed by atoms with Crippen LogP contribution in [0, 0.1) is 0 Å². The summed E-state index contributed by atoms with van der Waals surface area (Å²) >= 11 is 0. The number of hydrogen-bond acceptors (Lipinski definition) is 4. The molecule has 10 heteroatoms. The number of benzene rings is 1. The molecule has 25 heavy (non-hydrogen) atoms. The van der Waals surface area contributed by atoms with Gasteiger partial charge in [0.05, 0.1) is 5.69 Å². The van der Waals surface area contributed by atoms with Crippen molar-refractivity contribution < 1.29 is 18.0 Å². The molecule has 0 bridgehead atoms. The Kier molecular flexibility index (Phi) is 4.03. The zero-order valence-corrected chi connectivity index (χ0v) is 13.2. The highest BCUT2D eigenvalue weighted by molar-refractivity contribution is 6.04. The predicted octanol–water partition coefficient (Wildman–Crippen LogP) is 2.49. The van der Waals surface area contributed by atoms with Gasteiger partial charge in [-0.2, -0.15) is 23.4 Å². The molecule has 3 aromatic rings. The summed E-state index contributed by atoms with van der Waals surface area (Å²) in [4.78, 5) is 16.3. The van der Waals surface area contributed by atoms with Gasteiger partial charge in [0, 0.05) is 31.4 Å². The fraction of sp³-hybridized carbons (Fsp3) is 0.200. The predicted molar refractivity (Wildman–Crippen MR) is 82.6 cm³/mol. The first-order valence-corrected chi connectivity index (χ1v) is 7.12. The molecule has 1 N–H and O–H groups in total. The van der Waals surface area contributed by atoms with Crippen molar-refractivity contribution in [3.63, 3.8) is 0 Å². The third-order valence-electron chi connectivity index (χ3n) is 3.35. The monoisotopic (exact) mass is 350 g/mol. The van der Waals surface area contributed by atoms with Gasteiger partial charge in [-0.05, 0) is 12.1 Å². The Morgan fingerprint density at radius 2 is 1.76 bits per heavy atom. The van der Waals surface area contributed by atoms with Gasteiger partial charge in [0.1, 0.15) is 6.33 Å². The maximum absolute atomic E-state index is 12.9. The fourth-order valence-electron chi connectivity index (χ4n) is 2.23. The van der Waals surface area contributed by atoms with Crippen LogP contribution in [0.15, 0.2) is 36.8 Å². The van der Waals surface area contributed by atoms with E-state index in [-0.39, 0.29) is 5.56 Å². The van der Waals surface area contributed by atoms with E-state index in [2.05, 4.69) is 20.5 Å². The molecule has 0 aliphatic carbocycles. The Morgan fingerprint density at radius 3 is 2.32 bits per heavy atom. The van der Waals surface area contributed by atoms with Gasteiger partial charge in [-0.1, -0.05) is 12.1 Å². The number of anilines is 1. The van der Waals surface area contributed by atoms with E-state index in [0.717, 1.165) is 10.9 Å². The normalized spacial score (nSPS) is 11.6. The summed E-state index contributed by atoms with van der Waals surface area (Å²) in [5, 5.41) is 9.72. The lowest BCUT2D eigenvalue weighted by Crippen LogP contribution is -2.16. The molecule has 2 aromatic heterocycles. The number of nitrogens with zero attached hydrogens (tertiary/aromatic N) is 5. The highest BCUT2D eigenvalue weighted by Crippen LogP contribution is 2.33. The summed E-state index contributed by atoms with van der Waals surface area (Å²) in [6.45, 7) is 0. The minimum atomic E-state index is -4.65. The van der Waals surface area contributed by atoms with Crippen LogP contribution in [-0.4, -0.2) is 30.5 Å². The molecule has 130 valence electrons. The number of carbonyl (C=O) groups excluding carboxylic acids is 1. The van der Waals surface area contributed by atoms with Crippen LogP contribution >= 0.6 is 0 Å². The molecule has 0 aliphatic heterocycles. The summed E-state index contributed by atoms with van der Waals surface area (Å²) in [5.74, 6) is -0.180. The van der Waals surface area contributed by atoms with Crippen LogP contribution in [-0.2, 0) is 20.3 Å². The number of aryl methyl sites for hydroxylation is 2. The topological polar surface area (TPSA) is 77.6 Å². The summed E-state index contributed by atoms with van der Waals surface area (Å²) in [7, 11) is 3.07. The third kappa shape index (κ3) is 3.52. The number of halogens is 3. The highest BCUT2D eigenvalue weighted by Gasteiger charge is 2.37. The fourth-order valence-corrected chi connectivity index (χ4v) is 2.23. The number of rotatable bonds is 3. The minimum absolute atomic E-state index is 0.205. The number of alkyl halides is 3. The minimum Gasteiger partial charge on any atom is -0.319 e. The molecular formula is C15H13F3N6O. The van der Waals surface area contributed by atoms with Gasteiger partial charge in [-0.3, -0.25) is 14.2 Å². The van der Waals surface area contributed by atoms with E-state index in [1.165, 1.54) is 30.2 Å². The molecule has 0 spiro atoms. The summed E-state index contributed by atoms with van der Waals surface area (Å²) in [6, 6.07) is 6.23. The van der Waals surface area contributed by atoms with Crippen LogP contribution in [0.25, 0.3) is 11.4 Å². The van der Waals surface area contributed by atoms with E-state index in [1.54, 1.807) is 19.2 Å². The molecule has 0 unspecified atom stereocenters. The second-order valence-electron chi connectivity index (χ2n) is 5.34. The molecule has 0 saturated heterocycles. The van der Waals surface area contributed by atoms with E-state index < -0.39 is 23.5 Å². The number of hydrogen-bond donors (Lipinski definition) is 1. The average molecular weight is 350 g/mol. The van der Waals surface area contributed by atoms with Gasteiger partial charge in [-0.15, -0.1) is 0 Å². The van der Waals surface area contributed by atoms with Crippen LogP contribution in [0.5, 0.6) is 0 Å². The third-order valence-corrected chi connectivity index (χ3v) is 3.35. The van der Waals surface area contributed by atoms with Gasteiger partial charge in [0.25, 0.3) is 5.91 Å². The zero-order chi connectivity index (χ0) is 18.2. The standard InChI is InChI=1S/C15H13F3N6O/c1-23-7-11(12(21-23)15(16,17)18)20-14(25)10-5-3-9(4-6-10)13-19-8-24(2)22-13/h3-8H,1-2H3,(H,20,25). The van der Waals surface area contributed by atoms with Gasteiger partial charge in [-0.25, -0.2) is 4.98 Å². The number of carbonyl (C=O) groups is 1. The lowest BCUT2D eigenvalue weighted by atomic mass is 10.1. The average Bonchev–Trinajstić information content (AvgIpc) is 3.13. The quantitative estimate of drug-likeness (QED) is 0.787. The highest BCUT2D eigenvalue weighted by atomic mass is 19.4. The van der Waals surface area contributed by atoms with Crippen molar-refractivity contribution in [2.24, 2.45) is 14.1 Å². The lowest BCUT2D eigenvalue weighted by molar-refractivity contribution is -0.140. The molecule has 0 saturated carbocycles. The van der Waals surface area contributed by atoms with Crippen molar-refractivity contribution in [1.29, 1.82) is 0 Å². The van der Waals surface area contributed by atoms with E-state index in [9.17, 15) is 18.0 Å². The van der Waals surface area contributed by atoms with Crippen LogP contribution < -0.4 is 5.32 Å². The van der Waals surface area contributed by atoms with Crippen LogP contribution in [0.3, 0.4) is 0 Å². The van der Waals surface area contributed by atoms with Crippen molar-refractivity contribution in [2.45, 2.75) is 6.18 Å². The van der Waals surface area contributed by atoms with Crippen LogP contribution in [0.2, 0.25) is 0 Å². The largest absolute Gasteiger partial charge is 0.437 e. The van der Waals surface area contributed by atoms with Gasteiger partial charge >= 0.3 is 6.18 Å². The van der Waals surface area contributed by atoms with E-state index in [1.807, 2.05) is 0 Å².